The van der Waals surface area contributed by atoms with E-state index in [1.807, 2.05) is 0 Å². The van der Waals surface area contributed by atoms with Gasteiger partial charge >= 0.3 is 12.1 Å². The largest absolute Gasteiger partial charge is 0.508 e. The van der Waals surface area contributed by atoms with Crippen LogP contribution < -0.4 is 10.1 Å². The molecule has 10 nitrogen and oxygen atoms in total. The van der Waals surface area contributed by atoms with Crippen molar-refractivity contribution in [3.05, 3.63) is 24.3 Å². The summed E-state index contributed by atoms with van der Waals surface area (Å²) in [6, 6.07) is 3.84. The normalized spacial score (nSPS) is 19.2. The molecule has 1 unspecified atom stereocenters. The van der Waals surface area contributed by atoms with Gasteiger partial charge in [-0.15, -0.1) is 0 Å². The highest BCUT2D eigenvalue weighted by molar-refractivity contribution is 5.91. The number of aromatic hydroxyl groups is 1. The molecule has 2 amide bonds. The first-order valence-corrected chi connectivity index (χ1v) is 11.7. The topological polar surface area (TPSA) is 135 Å². The molecule has 196 valence electrons. The fraction of sp³-hybridized carbons (Fsp3) is 0.640. The highest BCUT2D eigenvalue weighted by atomic mass is 16.6. The Bertz CT molecular complexity index is 890. The lowest BCUT2D eigenvalue weighted by Crippen LogP contribution is -2.57. The first kappa shape index (κ1) is 28.4. The van der Waals surface area contributed by atoms with Crippen molar-refractivity contribution in [1.82, 2.24) is 10.2 Å². The number of hydrogen-bond acceptors (Lipinski definition) is 8. The maximum atomic E-state index is 13.7. The molecule has 0 bridgehead atoms. The molecule has 35 heavy (non-hydrogen) atoms. The van der Waals surface area contributed by atoms with Crippen molar-refractivity contribution < 1.29 is 38.8 Å². The summed E-state index contributed by atoms with van der Waals surface area (Å²) in [4.78, 5) is 40.7. The molecule has 1 heterocycles. The molecule has 3 N–H and O–H groups in total. The van der Waals surface area contributed by atoms with Gasteiger partial charge in [0.05, 0.1) is 6.10 Å². The zero-order chi connectivity index (χ0) is 26.4. The molecule has 0 radical (unpaired) electrons. The Morgan fingerprint density at radius 2 is 1.86 bits per heavy atom. The quantitative estimate of drug-likeness (QED) is 0.371. The van der Waals surface area contributed by atoms with Crippen molar-refractivity contribution in [1.29, 1.82) is 0 Å². The molecule has 1 aromatic carbocycles. The van der Waals surface area contributed by atoms with E-state index in [2.05, 4.69) is 5.32 Å². The third-order valence-electron chi connectivity index (χ3n) is 5.28. The van der Waals surface area contributed by atoms with Crippen LogP contribution in [0.15, 0.2) is 24.3 Å². The molecule has 0 aromatic heterocycles. The summed E-state index contributed by atoms with van der Waals surface area (Å²) in [6.07, 6.45) is -0.596. The number of benzene rings is 1. The van der Waals surface area contributed by atoms with E-state index in [1.165, 1.54) is 29.2 Å². The Morgan fingerprint density at radius 1 is 1.17 bits per heavy atom. The molecular formula is C25H38N2O8. The van der Waals surface area contributed by atoms with Crippen molar-refractivity contribution in [2.24, 2.45) is 5.41 Å². The van der Waals surface area contributed by atoms with Gasteiger partial charge in [-0.1, -0.05) is 26.8 Å². The van der Waals surface area contributed by atoms with Crippen molar-refractivity contribution in [2.45, 2.75) is 78.2 Å². The average Bonchev–Trinajstić information content (AvgIpc) is 3.14. The van der Waals surface area contributed by atoms with Crippen molar-refractivity contribution >= 4 is 18.0 Å². The number of carbonyl (C=O) groups excluding carboxylic acids is 3. The molecule has 0 spiro atoms. The lowest BCUT2D eigenvalue weighted by molar-refractivity contribution is -0.164. The maximum Gasteiger partial charge on any atom is 0.413 e. The maximum absolute atomic E-state index is 13.7. The summed E-state index contributed by atoms with van der Waals surface area (Å²) >= 11 is 0. The molecule has 1 saturated heterocycles. The van der Waals surface area contributed by atoms with Gasteiger partial charge in [0, 0.05) is 32.2 Å². The number of nitrogens with zero attached hydrogens (tertiary/aromatic N) is 1. The van der Waals surface area contributed by atoms with Crippen LogP contribution in [0.3, 0.4) is 0 Å². The van der Waals surface area contributed by atoms with Crippen LogP contribution in [0.4, 0.5) is 4.79 Å². The average molecular weight is 495 g/mol. The minimum Gasteiger partial charge on any atom is -0.508 e. The summed E-state index contributed by atoms with van der Waals surface area (Å²) in [5.41, 5.74) is -1.46. The minimum absolute atomic E-state index is 0.0256. The molecule has 1 aromatic rings. The second-order valence-electron chi connectivity index (χ2n) is 10.7. The summed E-state index contributed by atoms with van der Waals surface area (Å²) < 4.78 is 16.6. The molecule has 10 heteroatoms. The lowest BCUT2D eigenvalue weighted by atomic mass is 9.85. The van der Waals surface area contributed by atoms with E-state index in [1.54, 1.807) is 41.5 Å². The molecule has 3 atom stereocenters. The second-order valence-corrected chi connectivity index (χ2v) is 10.7. The number of aliphatic hydroxyl groups is 1. The number of ether oxygens (including phenoxy) is 3. The minimum atomic E-state index is -1.02. The summed E-state index contributed by atoms with van der Waals surface area (Å²) in [5, 5.41) is 21.2. The predicted molar refractivity (Wildman–Crippen MR) is 128 cm³/mol. The van der Waals surface area contributed by atoms with Gasteiger partial charge in [-0.2, -0.15) is 0 Å². The highest BCUT2D eigenvalue weighted by Gasteiger charge is 2.46. The van der Waals surface area contributed by atoms with Gasteiger partial charge in [-0.3, -0.25) is 4.79 Å². The number of phenolic OH excluding ortho intramolecular Hbond substituents is 1. The fourth-order valence-corrected chi connectivity index (χ4v) is 3.69. The number of likely N-dealkylation sites (tertiary alicyclic amines) is 1. The SMILES string of the molecule is CC(C)(C)OC(=O)[C@@H]1CC(OCCCO)CN1C(=O)[C@@H](NC(=O)Oc1cccc(O)c1)C(C)(C)C. The van der Waals surface area contributed by atoms with E-state index >= 15 is 0 Å². The van der Waals surface area contributed by atoms with Gasteiger partial charge in [0.15, 0.2) is 0 Å². The Balaban J connectivity index is 2.23. The van der Waals surface area contributed by atoms with Crippen molar-refractivity contribution in [3.63, 3.8) is 0 Å². The van der Waals surface area contributed by atoms with Crippen LogP contribution in [0.25, 0.3) is 0 Å². The van der Waals surface area contributed by atoms with E-state index in [0.29, 0.717) is 13.0 Å². The summed E-state index contributed by atoms with van der Waals surface area (Å²) in [5.74, 6) is -0.959. The van der Waals surface area contributed by atoms with Gasteiger partial charge < -0.3 is 34.6 Å². The molecule has 1 aliphatic rings. The van der Waals surface area contributed by atoms with Crippen LogP contribution in [0.1, 0.15) is 54.4 Å². The number of hydrogen-bond donors (Lipinski definition) is 3. The van der Waals surface area contributed by atoms with Gasteiger partial charge in [-0.25, -0.2) is 9.59 Å². The van der Waals surface area contributed by atoms with Gasteiger partial charge in [0.2, 0.25) is 5.91 Å². The zero-order valence-electron chi connectivity index (χ0n) is 21.4. The standard InChI is InChI=1S/C25H38N2O8/c1-24(2,3)20(26-23(32)34-17-10-7-9-16(29)13-17)21(30)27-15-18(33-12-8-11-28)14-19(27)22(31)35-25(4,5)6/h7,9-10,13,18-20,28-29H,8,11-12,14-15H2,1-6H3,(H,26,32)/t18?,19-,20+/m0/s1. The zero-order valence-corrected chi connectivity index (χ0v) is 21.4. The first-order chi connectivity index (χ1) is 16.2. The number of nitrogens with one attached hydrogen (secondary N) is 1. The van der Waals surface area contributed by atoms with Crippen LogP contribution in [0.5, 0.6) is 11.5 Å². The Labute approximate surface area is 206 Å². The third-order valence-corrected chi connectivity index (χ3v) is 5.28. The van der Waals surface area contributed by atoms with Crippen LogP contribution in [-0.4, -0.2) is 76.6 Å². The van der Waals surface area contributed by atoms with E-state index in [9.17, 15) is 19.5 Å². The van der Waals surface area contributed by atoms with Crippen LogP contribution >= 0.6 is 0 Å². The van der Waals surface area contributed by atoms with Crippen molar-refractivity contribution in [3.8, 4) is 11.5 Å². The molecule has 1 fully saturated rings. The lowest BCUT2D eigenvalue weighted by Gasteiger charge is -2.35. The van der Waals surface area contributed by atoms with E-state index < -0.39 is 47.2 Å². The van der Waals surface area contributed by atoms with E-state index in [0.717, 1.165) is 0 Å². The third kappa shape index (κ3) is 8.70. The predicted octanol–water partition coefficient (Wildman–Crippen LogP) is 2.61. The molecule has 0 aliphatic carbocycles. The summed E-state index contributed by atoms with van der Waals surface area (Å²) in [7, 11) is 0. The van der Waals surface area contributed by atoms with E-state index in [4.69, 9.17) is 19.3 Å². The van der Waals surface area contributed by atoms with Crippen LogP contribution in [-0.2, 0) is 19.1 Å². The first-order valence-electron chi connectivity index (χ1n) is 11.7. The second kappa shape index (κ2) is 11.7. The number of esters is 1. The molecule has 2 rings (SSSR count). The van der Waals surface area contributed by atoms with E-state index in [-0.39, 0.29) is 31.1 Å². The van der Waals surface area contributed by atoms with Crippen LogP contribution in [0, 0.1) is 5.41 Å². The molecular weight excluding hydrogens is 456 g/mol. The monoisotopic (exact) mass is 494 g/mol. The highest BCUT2D eigenvalue weighted by Crippen LogP contribution is 2.29. The number of aliphatic hydroxyl groups excluding tert-OH is 1. The van der Waals surface area contributed by atoms with Gasteiger partial charge in [0.1, 0.15) is 29.2 Å². The number of carbonyl (C=O) groups is 3. The molecule has 0 saturated carbocycles. The Kier molecular flexibility index (Phi) is 9.51. The fourth-order valence-electron chi connectivity index (χ4n) is 3.69. The number of rotatable bonds is 8. The Hall–Kier alpha value is -2.85. The van der Waals surface area contributed by atoms with Gasteiger partial charge in [0.25, 0.3) is 0 Å². The molecule has 1 aliphatic heterocycles. The smallest absolute Gasteiger partial charge is 0.413 e. The summed E-state index contributed by atoms with van der Waals surface area (Å²) in [6.45, 7) is 11.0. The number of phenols is 1. The number of amides is 2. The Morgan fingerprint density at radius 3 is 2.43 bits per heavy atom. The van der Waals surface area contributed by atoms with Crippen LogP contribution in [0.2, 0.25) is 0 Å². The van der Waals surface area contributed by atoms with Gasteiger partial charge in [-0.05, 0) is 44.7 Å². The van der Waals surface area contributed by atoms with Crippen molar-refractivity contribution in [2.75, 3.05) is 19.8 Å².